The molecule has 3 nitrogen and oxygen atoms in total. The highest BCUT2D eigenvalue weighted by Gasteiger charge is 2.17. The Morgan fingerprint density at radius 3 is 1.62 bits per heavy atom. The number of fused-ring (bicyclic) bond motifs is 4. The summed E-state index contributed by atoms with van der Waals surface area (Å²) in [4.78, 5) is 9.94. The molecule has 0 atom stereocenters. The average molecular weight is 601 g/mol. The van der Waals surface area contributed by atoms with Crippen molar-refractivity contribution in [3.05, 3.63) is 170 Å². The lowest BCUT2D eigenvalue weighted by Crippen LogP contribution is -1.95. The minimum absolute atomic E-state index is 0.714. The van der Waals surface area contributed by atoms with E-state index in [1.165, 1.54) is 10.8 Å². The van der Waals surface area contributed by atoms with Crippen LogP contribution in [0.15, 0.2) is 174 Å². The maximum Gasteiger partial charge on any atom is 0.160 e. The third kappa shape index (κ3) is 4.86. The molecule has 0 saturated carbocycles. The maximum absolute atomic E-state index is 6.60. The number of benzene rings is 7. The lowest BCUT2D eigenvalue weighted by Gasteiger charge is -2.10. The summed E-state index contributed by atoms with van der Waals surface area (Å²) in [5.74, 6) is 0.714. The fourth-order valence-electron chi connectivity index (χ4n) is 6.55. The Labute approximate surface area is 272 Å². The second kappa shape index (κ2) is 11.2. The summed E-state index contributed by atoms with van der Waals surface area (Å²) in [6.45, 7) is 0. The molecule has 0 aliphatic heterocycles. The number of furan rings is 1. The summed E-state index contributed by atoms with van der Waals surface area (Å²) in [7, 11) is 0. The largest absolute Gasteiger partial charge is 0.455 e. The molecule has 0 unspecified atom stereocenters. The third-order valence-corrected chi connectivity index (χ3v) is 8.89. The van der Waals surface area contributed by atoms with Gasteiger partial charge in [-0.15, -0.1) is 0 Å². The first-order chi connectivity index (χ1) is 23.3. The number of hydrogen-bond donors (Lipinski definition) is 0. The molecule has 0 bridgehead atoms. The Morgan fingerprint density at radius 1 is 0.362 bits per heavy atom. The summed E-state index contributed by atoms with van der Waals surface area (Å²) < 4.78 is 6.60. The van der Waals surface area contributed by atoms with Crippen LogP contribution < -0.4 is 0 Å². The van der Waals surface area contributed by atoms with Crippen molar-refractivity contribution in [3.63, 3.8) is 0 Å². The van der Waals surface area contributed by atoms with Crippen LogP contribution in [-0.2, 0) is 0 Å². The molecule has 9 aromatic rings. The van der Waals surface area contributed by atoms with E-state index in [2.05, 4.69) is 133 Å². The van der Waals surface area contributed by atoms with Gasteiger partial charge in [0.2, 0.25) is 0 Å². The van der Waals surface area contributed by atoms with Crippen LogP contribution in [0.25, 0.3) is 88.9 Å². The number of hydrogen-bond acceptors (Lipinski definition) is 3. The molecule has 0 fully saturated rings. The van der Waals surface area contributed by atoms with Gasteiger partial charge in [-0.3, -0.25) is 0 Å². The fraction of sp³-hybridized carbons (Fsp3) is 0. The molecule has 0 aliphatic rings. The quantitative estimate of drug-likeness (QED) is 0.197. The number of nitrogens with zero attached hydrogens (tertiary/aromatic N) is 2. The van der Waals surface area contributed by atoms with Crippen LogP contribution in [0.4, 0.5) is 0 Å². The van der Waals surface area contributed by atoms with Crippen molar-refractivity contribution in [1.82, 2.24) is 9.97 Å². The van der Waals surface area contributed by atoms with Crippen LogP contribution in [0.1, 0.15) is 0 Å². The van der Waals surface area contributed by atoms with E-state index < -0.39 is 0 Å². The summed E-state index contributed by atoms with van der Waals surface area (Å²) in [6.07, 6.45) is 0. The van der Waals surface area contributed by atoms with Gasteiger partial charge >= 0.3 is 0 Å². The molecule has 0 amide bonds. The summed E-state index contributed by atoms with van der Waals surface area (Å²) in [5.41, 5.74) is 11.3. The van der Waals surface area contributed by atoms with Crippen molar-refractivity contribution in [3.8, 4) is 56.2 Å². The van der Waals surface area contributed by atoms with Gasteiger partial charge in [0.15, 0.2) is 5.82 Å². The van der Waals surface area contributed by atoms with Crippen LogP contribution in [0.2, 0.25) is 0 Å². The molecule has 3 heteroatoms. The van der Waals surface area contributed by atoms with E-state index >= 15 is 0 Å². The van der Waals surface area contributed by atoms with Crippen LogP contribution in [-0.4, -0.2) is 9.97 Å². The minimum atomic E-state index is 0.714. The third-order valence-electron chi connectivity index (χ3n) is 8.89. The highest BCUT2D eigenvalue weighted by atomic mass is 16.3. The predicted molar refractivity (Wildman–Crippen MR) is 194 cm³/mol. The van der Waals surface area contributed by atoms with E-state index in [1.54, 1.807) is 0 Å². The molecule has 0 N–H and O–H groups in total. The van der Waals surface area contributed by atoms with Crippen molar-refractivity contribution in [2.75, 3.05) is 0 Å². The van der Waals surface area contributed by atoms with Crippen molar-refractivity contribution < 1.29 is 4.42 Å². The fourth-order valence-corrected chi connectivity index (χ4v) is 6.55. The Hall–Kier alpha value is -6.32. The molecule has 0 radical (unpaired) electrons. The van der Waals surface area contributed by atoms with E-state index in [9.17, 15) is 0 Å². The van der Waals surface area contributed by atoms with Gasteiger partial charge in [-0.2, -0.15) is 0 Å². The normalized spacial score (nSPS) is 11.4. The first-order valence-corrected chi connectivity index (χ1v) is 15.8. The van der Waals surface area contributed by atoms with Crippen LogP contribution in [0.3, 0.4) is 0 Å². The van der Waals surface area contributed by atoms with Gasteiger partial charge in [-0.05, 0) is 51.7 Å². The minimum Gasteiger partial charge on any atom is -0.455 e. The topological polar surface area (TPSA) is 38.9 Å². The summed E-state index contributed by atoms with van der Waals surface area (Å²) in [5, 5.41) is 4.63. The summed E-state index contributed by atoms with van der Waals surface area (Å²) in [6, 6.07) is 59.0. The zero-order valence-electron chi connectivity index (χ0n) is 25.5. The maximum atomic E-state index is 6.60. The van der Waals surface area contributed by atoms with Crippen LogP contribution in [0.5, 0.6) is 0 Å². The Morgan fingerprint density at radius 2 is 0.915 bits per heavy atom. The van der Waals surface area contributed by atoms with Crippen molar-refractivity contribution >= 4 is 32.7 Å². The van der Waals surface area contributed by atoms with E-state index in [4.69, 9.17) is 14.4 Å². The number of rotatable bonds is 5. The Balaban J connectivity index is 1.14. The second-order valence-electron chi connectivity index (χ2n) is 11.8. The van der Waals surface area contributed by atoms with E-state index in [0.29, 0.717) is 5.82 Å². The molecule has 0 spiro atoms. The monoisotopic (exact) mass is 600 g/mol. The highest BCUT2D eigenvalue weighted by Crippen LogP contribution is 2.42. The molecular formula is C44H28N2O. The molecule has 47 heavy (non-hydrogen) atoms. The predicted octanol–water partition coefficient (Wildman–Crippen LogP) is 11.9. The van der Waals surface area contributed by atoms with Crippen LogP contribution >= 0.6 is 0 Å². The second-order valence-corrected chi connectivity index (χ2v) is 11.8. The first kappa shape index (κ1) is 27.0. The van der Waals surface area contributed by atoms with Gasteiger partial charge < -0.3 is 4.42 Å². The lowest BCUT2D eigenvalue weighted by molar-refractivity contribution is 0.670. The highest BCUT2D eigenvalue weighted by molar-refractivity contribution is 6.18. The van der Waals surface area contributed by atoms with Gasteiger partial charge in [0.25, 0.3) is 0 Å². The van der Waals surface area contributed by atoms with Crippen LogP contribution in [0, 0.1) is 0 Å². The Bertz CT molecular complexity index is 2480. The zero-order chi connectivity index (χ0) is 31.2. The standard InChI is InChI=1S/C44H28N2O/c1-4-12-30(13-5-1)39-28-40(46-44(45-39)33-16-8-3-9-17-33)31-22-20-29(21-23-31)34-24-25-41-37(26-34)38-27-35-18-10-11-19-36(35)42(43(38)47-41)32-14-6-2-7-15-32/h1-28H. The molecule has 0 saturated heterocycles. The van der Waals surface area contributed by atoms with Crippen molar-refractivity contribution in [1.29, 1.82) is 0 Å². The van der Waals surface area contributed by atoms with Crippen molar-refractivity contribution in [2.45, 2.75) is 0 Å². The van der Waals surface area contributed by atoms with Gasteiger partial charge in [0.05, 0.1) is 11.4 Å². The SMILES string of the molecule is c1ccc(-c2cc(-c3ccc(-c4ccc5oc6c(-c7ccccc7)c7ccccc7cc6c5c4)cc3)nc(-c3ccccc3)n2)cc1. The first-order valence-electron chi connectivity index (χ1n) is 15.8. The Kier molecular flexibility index (Phi) is 6.46. The van der Waals surface area contributed by atoms with Gasteiger partial charge in [-0.1, -0.05) is 146 Å². The molecule has 2 aromatic heterocycles. The molecule has 9 rings (SSSR count). The van der Waals surface area contributed by atoms with Crippen molar-refractivity contribution in [2.24, 2.45) is 0 Å². The molecule has 7 aromatic carbocycles. The smallest absolute Gasteiger partial charge is 0.160 e. The van der Waals surface area contributed by atoms with E-state index in [1.807, 2.05) is 36.4 Å². The van der Waals surface area contributed by atoms with Gasteiger partial charge in [-0.25, -0.2) is 9.97 Å². The average Bonchev–Trinajstić information content (AvgIpc) is 3.52. The van der Waals surface area contributed by atoms with Gasteiger partial charge in [0.1, 0.15) is 11.2 Å². The molecule has 0 aliphatic carbocycles. The molecule has 2 heterocycles. The summed E-state index contributed by atoms with van der Waals surface area (Å²) >= 11 is 0. The molecular weight excluding hydrogens is 572 g/mol. The lowest BCUT2D eigenvalue weighted by atomic mass is 9.94. The van der Waals surface area contributed by atoms with E-state index in [0.717, 1.165) is 72.3 Å². The van der Waals surface area contributed by atoms with E-state index in [-0.39, 0.29) is 0 Å². The zero-order valence-corrected chi connectivity index (χ0v) is 25.5. The van der Waals surface area contributed by atoms with Gasteiger partial charge in [0, 0.05) is 33.0 Å². The molecule has 220 valence electrons. The number of aromatic nitrogens is 2.